The number of piperazine rings is 1. The van der Waals surface area contributed by atoms with E-state index in [2.05, 4.69) is 58.6 Å². The highest BCUT2D eigenvalue weighted by molar-refractivity contribution is 5.98. The van der Waals surface area contributed by atoms with E-state index in [9.17, 15) is 9.59 Å². The monoisotopic (exact) mass is 529 g/mol. The van der Waals surface area contributed by atoms with E-state index in [1.165, 1.54) is 11.1 Å². The lowest BCUT2D eigenvalue weighted by atomic mass is 9.96. The summed E-state index contributed by atoms with van der Waals surface area (Å²) in [5, 5.41) is 12.4. The number of carbonyl (C=O) groups excluding carboxylic acids is 1. The van der Waals surface area contributed by atoms with E-state index in [0.29, 0.717) is 44.0 Å². The molecule has 0 aliphatic carbocycles. The molecule has 1 amide bonds. The van der Waals surface area contributed by atoms with Gasteiger partial charge in [0.25, 0.3) is 0 Å². The number of nitrogens with zero attached hydrogens (tertiary/aromatic N) is 3. The normalized spacial score (nSPS) is 14.3. The molecule has 1 aliphatic heterocycles. The van der Waals surface area contributed by atoms with Gasteiger partial charge in [-0.1, -0.05) is 65.8 Å². The van der Waals surface area contributed by atoms with E-state index in [1.807, 2.05) is 41.3 Å². The topological polar surface area (TPSA) is 91.7 Å². The summed E-state index contributed by atoms with van der Waals surface area (Å²) in [4.78, 5) is 32.6. The van der Waals surface area contributed by atoms with Crippen LogP contribution in [0.25, 0.3) is 0 Å². The van der Waals surface area contributed by atoms with Crippen molar-refractivity contribution >= 4 is 17.6 Å². The lowest BCUT2D eigenvalue weighted by Crippen LogP contribution is -2.49. The van der Waals surface area contributed by atoms with Crippen molar-refractivity contribution in [3.8, 4) is 5.75 Å². The molecule has 0 aromatic heterocycles. The second kappa shape index (κ2) is 14.1. The maximum Gasteiger partial charge on any atom is 0.344 e. The first-order chi connectivity index (χ1) is 19.0. The first-order valence-electron chi connectivity index (χ1n) is 13.2. The summed E-state index contributed by atoms with van der Waals surface area (Å²) >= 11 is 0. The van der Waals surface area contributed by atoms with Crippen molar-refractivity contribution in [3.63, 3.8) is 0 Å². The number of carboxylic acids is 1. The highest BCUT2D eigenvalue weighted by atomic mass is 16.6. The van der Waals surface area contributed by atoms with Gasteiger partial charge in [0.05, 0.1) is 18.4 Å². The van der Waals surface area contributed by atoms with Gasteiger partial charge in [-0.05, 0) is 54.3 Å². The number of rotatable bonds is 12. The van der Waals surface area contributed by atoms with Gasteiger partial charge in [0.1, 0.15) is 5.75 Å². The summed E-state index contributed by atoms with van der Waals surface area (Å²) in [5.41, 5.74) is 3.92. The molecule has 0 radical (unpaired) electrons. The average Bonchev–Trinajstić information content (AvgIpc) is 2.97. The molecule has 1 N–H and O–H groups in total. The molecule has 204 valence electrons. The Morgan fingerprint density at radius 1 is 0.872 bits per heavy atom. The summed E-state index contributed by atoms with van der Waals surface area (Å²) in [7, 11) is 0. The Morgan fingerprint density at radius 3 is 2.03 bits per heavy atom. The number of oxime groups is 1. The number of carboxylic acid groups (broad SMARTS) is 1. The average molecular weight is 530 g/mol. The van der Waals surface area contributed by atoms with Crippen LogP contribution in [0, 0.1) is 0 Å². The van der Waals surface area contributed by atoms with Crippen LogP contribution in [0.15, 0.2) is 90.1 Å². The predicted octanol–water partition coefficient (Wildman–Crippen LogP) is 4.60. The number of carbonyl (C=O) groups is 2. The quantitative estimate of drug-likeness (QED) is 0.209. The van der Waals surface area contributed by atoms with Gasteiger partial charge in [0.15, 0.2) is 0 Å². The smallest absolute Gasteiger partial charge is 0.344 e. The molecule has 1 fully saturated rings. The Morgan fingerprint density at radius 2 is 1.46 bits per heavy atom. The first-order valence-corrected chi connectivity index (χ1v) is 13.2. The molecular weight excluding hydrogens is 494 g/mol. The number of aliphatic carboxylic acids is 1. The predicted molar refractivity (Wildman–Crippen MR) is 150 cm³/mol. The molecule has 8 nitrogen and oxygen atoms in total. The maximum atomic E-state index is 12.9. The molecule has 8 heteroatoms. The van der Waals surface area contributed by atoms with Crippen molar-refractivity contribution in [1.82, 2.24) is 9.80 Å². The van der Waals surface area contributed by atoms with Crippen LogP contribution in [0.4, 0.5) is 0 Å². The molecule has 1 saturated heterocycles. The van der Waals surface area contributed by atoms with Crippen molar-refractivity contribution in [2.45, 2.75) is 25.8 Å². The van der Waals surface area contributed by atoms with Crippen LogP contribution in [0.2, 0.25) is 0 Å². The van der Waals surface area contributed by atoms with Crippen LogP contribution < -0.4 is 4.74 Å². The second-order valence-electron chi connectivity index (χ2n) is 9.46. The summed E-state index contributed by atoms with van der Waals surface area (Å²) in [6.07, 6.45) is 1.09. The zero-order chi connectivity index (χ0) is 27.5. The zero-order valence-electron chi connectivity index (χ0n) is 22.2. The molecule has 39 heavy (non-hydrogen) atoms. The second-order valence-corrected chi connectivity index (χ2v) is 9.46. The van der Waals surface area contributed by atoms with Gasteiger partial charge in [-0.3, -0.25) is 9.69 Å². The van der Waals surface area contributed by atoms with Gasteiger partial charge >= 0.3 is 5.97 Å². The molecule has 1 heterocycles. The number of hydrogen-bond donors (Lipinski definition) is 1. The molecule has 0 unspecified atom stereocenters. The third kappa shape index (κ3) is 8.15. The zero-order valence-corrected chi connectivity index (χ0v) is 22.2. The fourth-order valence-corrected chi connectivity index (χ4v) is 4.72. The van der Waals surface area contributed by atoms with Crippen LogP contribution in [-0.2, 0) is 14.4 Å². The van der Waals surface area contributed by atoms with Gasteiger partial charge in [-0.25, -0.2) is 4.79 Å². The summed E-state index contributed by atoms with van der Waals surface area (Å²) < 4.78 is 5.81. The van der Waals surface area contributed by atoms with E-state index in [1.54, 1.807) is 6.92 Å². The lowest BCUT2D eigenvalue weighted by Gasteiger charge is -2.40. The summed E-state index contributed by atoms with van der Waals surface area (Å²) in [5.74, 6) is -0.208. The summed E-state index contributed by atoms with van der Waals surface area (Å²) in [6.45, 7) is 4.80. The Hall–Kier alpha value is -4.17. The molecule has 4 rings (SSSR count). The van der Waals surface area contributed by atoms with Crippen molar-refractivity contribution < 1.29 is 24.3 Å². The fraction of sp³-hybridized carbons (Fsp3) is 0.323. The minimum Gasteiger partial charge on any atom is -0.494 e. The summed E-state index contributed by atoms with van der Waals surface area (Å²) in [6, 6.07) is 28.6. The van der Waals surface area contributed by atoms with Gasteiger partial charge in [0, 0.05) is 32.6 Å². The van der Waals surface area contributed by atoms with Crippen LogP contribution in [0.5, 0.6) is 5.75 Å². The van der Waals surface area contributed by atoms with Gasteiger partial charge in [-0.2, -0.15) is 0 Å². The van der Waals surface area contributed by atoms with Crippen molar-refractivity contribution in [1.29, 1.82) is 0 Å². The number of ether oxygens (including phenoxy) is 1. The Labute approximate surface area is 229 Å². The van der Waals surface area contributed by atoms with Crippen LogP contribution in [-0.4, -0.2) is 71.9 Å². The fourth-order valence-electron chi connectivity index (χ4n) is 4.72. The van der Waals surface area contributed by atoms with Crippen LogP contribution in [0.3, 0.4) is 0 Å². The lowest BCUT2D eigenvalue weighted by molar-refractivity contribution is -0.142. The van der Waals surface area contributed by atoms with Gasteiger partial charge in [-0.15, -0.1) is 0 Å². The highest BCUT2D eigenvalue weighted by Crippen LogP contribution is 2.29. The molecule has 3 aromatic carbocycles. The van der Waals surface area contributed by atoms with E-state index in [-0.39, 0.29) is 11.9 Å². The number of amides is 1. The number of benzene rings is 3. The minimum atomic E-state index is -1.07. The van der Waals surface area contributed by atoms with Crippen LogP contribution in [0.1, 0.15) is 42.5 Å². The standard InChI is InChI=1S/C31H35N3O5/c1-24(32-39-23-30(36)37)25-14-16-28(17-15-25)38-22-8-13-29(35)33-18-20-34(21-19-33)31(26-9-4-2-5-10-26)27-11-6-3-7-12-27/h2-7,9-12,14-17,31H,8,13,18-23H2,1H3,(H,36,37). The van der Waals surface area contributed by atoms with Gasteiger partial charge in [0.2, 0.25) is 12.5 Å². The Bertz CT molecular complexity index is 1180. The maximum absolute atomic E-state index is 12.9. The van der Waals surface area contributed by atoms with E-state index < -0.39 is 12.6 Å². The third-order valence-electron chi connectivity index (χ3n) is 6.73. The molecule has 0 spiro atoms. The van der Waals surface area contributed by atoms with Crippen molar-refractivity contribution in [2.24, 2.45) is 5.16 Å². The Kier molecular flexibility index (Phi) is 10.1. The third-order valence-corrected chi connectivity index (χ3v) is 6.73. The largest absolute Gasteiger partial charge is 0.494 e. The molecule has 0 saturated carbocycles. The number of hydrogen-bond acceptors (Lipinski definition) is 6. The van der Waals surface area contributed by atoms with Crippen molar-refractivity contribution in [3.05, 3.63) is 102 Å². The molecular formula is C31H35N3O5. The van der Waals surface area contributed by atoms with E-state index >= 15 is 0 Å². The molecule has 3 aromatic rings. The molecule has 0 bridgehead atoms. The SMILES string of the molecule is CC(=NOCC(=O)O)c1ccc(OCCCC(=O)N2CCN(C(c3ccccc3)c3ccccc3)CC2)cc1. The van der Waals surface area contributed by atoms with E-state index in [0.717, 1.165) is 18.7 Å². The van der Waals surface area contributed by atoms with E-state index in [4.69, 9.17) is 14.7 Å². The molecule has 0 atom stereocenters. The highest BCUT2D eigenvalue weighted by Gasteiger charge is 2.27. The minimum absolute atomic E-state index is 0.165. The first kappa shape index (κ1) is 27.9. The van der Waals surface area contributed by atoms with Gasteiger partial charge < -0.3 is 19.6 Å². The molecule has 1 aliphatic rings. The Balaban J connectivity index is 1.21. The van der Waals surface area contributed by atoms with Crippen LogP contribution >= 0.6 is 0 Å². The van der Waals surface area contributed by atoms with Crippen molar-refractivity contribution in [2.75, 3.05) is 39.4 Å².